The molecular formula is C11H12N2O3. The van der Waals surface area contributed by atoms with Crippen LogP contribution in [0.4, 0.5) is 0 Å². The van der Waals surface area contributed by atoms with Crippen molar-refractivity contribution in [2.24, 2.45) is 0 Å². The summed E-state index contributed by atoms with van der Waals surface area (Å²) in [7, 11) is 1.62. The van der Waals surface area contributed by atoms with E-state index in [0.29, 0.717) is 13.0 Å². The number of carboxylic acid groups (broad SMARTS) is 1. The zero-order valence-electron chi connectivity index (χ0n) is 8.88. The number of carbonyl (C=O) groups is 1. The summed E-state index contributed by atoms with van der Waals surface area (Å²) in [6.07, 6.45) is 3.96. The molecule has 0 aromatic carbocycles. The van der Waals surface area contributed by atoms with Gasteiger partial charge in [-0.15, -0.1) is 0 Å². The molecule has 0 aliphatic rings. The molecule has 2 aromatic heterocycles. The molecule has 0 unspecified atom stereocenters. The van der Waals surface area contributed by atoms with Crippen molar-refractivity contribution in [2.75, 3.05) is 13.7 Å². The lowest BCUT2D eigenvalue weighted by atomic mass is 10.3. The van der Waals surface area contributed by atoms with E-state index in [1.54, 1.807) is 36.0 Å². The summed E-state index contributed by atoms with van der Waals surface area (Å²) in [5.41, 5.74) is 1.14. The normalized spacial score (nSPS) is 10.8. The van der Waals surface area contributed by atoms with Gasteiger partial charge in [-0.3, -0.25) is 0 Å². The molecule has 0 fully saturated rings. The van der Waals surface area contributed by atoms with Crippen LogP contribution in [0.15, 0.2) is 24.5 Å². The minimum atomic E-state index is -0.937. The van der Waals surface area contributed by atoms with Gasteiger partial charge in [-0.25, -0.2) is 9.78 Å². The minimum Gasteiger partial charge on any atom is -0.478 e. The second-order valence-electron chi connectivity index (χ2n) is 3.44. The molecule has 0 saturated carbocycles. The van der Waals surface area contributed by atoms with Gasteiger partial charge in [-0.05, 0) is 12.1 Å². The van der Waals surface area contributed by atoms with Crippen molar-refractivity contribution < 1.29 is 14.6 Å². The Morgan fingerprint density at radius 2 is 2.38 bits per heavy atom. The Labute approximate surface area is 92.3 Å². The van der Waals surface area contributed by atoms with Crippen molar-refractivity contribution in [1.82, 2.24) is 9.38 Å². The first-order valence-corrected chi connectivity index (χ1v) is 4.90. The van der Waals surface area contributed by atoms with Gasteiger partial charge in [0, 0.05) is 19.7 Å². The molecule has 1 N–H and O–H groups in total. The maximum Gasteiger partial charge on any atom is 0.337 e. The van der Waals surface area contributed by atoms with Crippen LogP contribution in [-0.4, -0.2) is 34.2 Å². The summed E-state index contributed by atoms with van der Waals surface area (Å²) in [6.45, 7) is 0.566. The molecular weight excluding hydrogens is 208 g/mol. The highest BCUT2D eigenvalue weighted by Crippen LogP contribution is 2.10. The SMILES string of the molecule is COCCc1ncc2ccc(C(=O)O)cn12. The van der Waals surface area contributed by atoms with Crippen LogP contribution in [0.1, 0.15) is 16.2 Å². The number of pyridine rings is 1. The topological polar surface area (TPSA) is 63.8 Å². The predicted octanol–water partition coefficient (Wildman–Crippen LogP) is 1.22. The van der Waals surface area contributed by atoms with Gasteiger partial charge in [0.15, 0.2) is 0 Å². The Morgan fingerprint density at radius 1 is 1.56 bits per heavy atom. The Morgan fingerprint density at radius 3 is 3.06 bits per heavy atom. The number of rotatable bonds is 4. The third kappa shape index (κ3) is 1.90. The average molecular weight is 220 g/mol. The number of aromatic nitrogens is 2. The fourth-order valence-corrected chi connectivity index (χ4v) is 1.55. The minimum absolute atomic E-state index is 0.254. The quantitative estimate of drug-likeness (QED) is 0.841. The van der Waals surface area contributed by atoms with Crippen LogP contribution in [0.25, 0.3) is 5.52 Å². The second-order valence-corrected chi connectivity index (χ2v) is 3.44. The van der Waals surface area contributed by atoms with Gasteiger partial charge in [0.2, 0.25) is 0 Å². The number of ether oxygens (including phenoxy) is 1. The molecule has 2 aromatic rings. The number of carboxylic acids is 1. The Balaban J connectivity index is 2.43. The van der Waals surface area contributed by atoms with Crippen molar-refractivity contribution in [1.29, 1.82) is 0 Å². The molecule has 0 radical (unpaired) electrons. The largest absolute Gasteiger partial charge is 0.478 e. The van der Waals surface area contributed by atoms with Crippen LogP contribution in [0, 0.1) is 0 Å². The molecule has 5 heteroatoms. The lowest BCUT2D eigenvalue weighted by Crippen LogP contribution is -2.03. The molecule has 0 aliphatic heterocycles. The monoisotopic (exact) mass is 220 g/mol. The number of hydrogen-bond donors (Lipinski definition) is 1. The first kappa shape index (κ1) is 10.6. The van der Waals surface area contributed by atoms with Crippen molar-refractivity contribution in [2.45, 2.75) is 6.42 Å². The van der Waals surface area contributed by atoms with Gasteiger partial charge in [0.05, 0.1) is 23.9 Å². The first-order chi connectivity index (χ1) is 7.72. The fraction of sp³-hybridized carbons (Fsp3) is 0.273. The molecule has 16 heavy (non-hydrogen) atoms. The number of hydrogen-bond acceptors (Lipinski definition) is 3. The number of aromatic carboxylic acids is 1. The maximum atomic E-state index is 10.8. The standard InChI is InChI=1S/C11H12N2O3/c1-16-5-4-10-12-6-9-3-2-8(11(14)15)7-13(9)10/h2-3,6-7H,4-5H2,1H3,(H,14,15). The van der Waals surface area contributed by atoms with Crippen LogP contribution in [0.3, 0.4) is 0 Å². The Bertz CT molecular complexity index is 519. The van der Waals surface area contributed by atoms with E-state index < -0.39 is 5.97 Å². The Hall–Kier alpha value is -1.88. The summed E-state index contributed by atoms with van der Waals surface area (Å²) in [5, 5.41) is 8.89. The van der Waals surface area contributed by atoms with Crippen molar-refractivity contribution in [3.8, 4) is 0 Å². The number of nitrogens with zero attached hydrogens (tertiary/aromatic N) is 2. The van der Waals surface area contributed by atoms with E-state index in [4.69, 9.17) is 9.84 Å². The smallest absolute Gasteiger partial charge is 0.337 e. The molecule has 84 valence electrons. The molecule has 0 amide bonds. The maximum absolute atomic E-state index is 10.8. The van der Waals surface area contributed by atoms with Gasteiger partial charge < -0.3 is 14.2 Å². The van der Waals surface area contributed by atoms with Gasteiger partial charge in [0.1, 0.15) is 5.82 Å². The van der Waals surface area contributed by atoms with E-state index >= 15 is 0 Å². The number of methoxy groups -OCH3 is 1. The predicted molar refractivity (Wildman–Crippen MR) is 57.7 cm³/mol. The lowest BCUT2D eigenvalue weighted by Gasteiger charge is -2.02. The number of fused-ring (bicyclic) bond motifs is 1. The first-order valence-electron chi connectivity index (χ1n) is 4.90. The molecule has 0 atom stereocenters. The van der Waals surface area contributed by atoms with Gasteiger partial charge in [-0.1, -0.05) is 0 Å². The zero-order chi connectivity index (χ0) is 11.5. The van der Waals surface area contributed by atoms with Crippen molar-refractivity contribution >= 4 is 11.5 Å². The van der Waals surface area contributed by atoms with Gasteiger partial charge in [-0.2, -0.15) is 0 Å². The molecule has 0 bridgehead atoms. The van der Waals surface area contributed by atoms with Crippen LogP contribution < -0.4 is 0 Å². The fourth-order valence-electron chi connectivity index (χ4n) is 1.55. The summed E-state index contributed by atoms with van der Waals surface area (Å²) >= 11 is 0. The highest BCUT2D eigenvalue weighted by molar-refractivity contribution is 5.87. The molecule has 0 spiro atoms. The van der Waals surface area contributed by atoms with Crippen molar-refractivity contribution in [3.63, 3.8) is 0 Å². The van der Waals surface area contributed by atoms with E-state index in [1.807, 2.05) is 0 Å². The van der Waals surface area contributed by atoms with Crippen LogP contribution in [0.2, 0.25) is 0 Å². The van der Waals surface area contributed by atoms with E-state index in [0.717, 1.165) is 11.3 Å². The van der Waals surface area contributed by atoms with E-state index in [-0.39, 0.29) is 5.56 Å². The molecule has 0 aliphatic carbocycles. The van der Waals surface area contributed by atoms with Gasteiger partial charge >= 0.3 is 5.97 Å². The van der Waals surface area contributed by atoms with E-state index in [9.17, 15) is 4.79 Å². The third-order valence-electron chi connectivity index (χ3n) is 2.38. The Kier molecular flexibility index (Phi) is 2.87. The van der Waals surface area contributed by atoms with Crippen molar-refractivity contribution in [3.05, 3.63) is 35.9 Å². The summed E-state index contributed by atoms with van der Waals surface area (Å²) < 4.78 is 6.75. The highest BCUT2D eigenvalue weighted by Gasteiger charge is 2.07. The van der Waals surface area contributed by atoms with E-state index in [1.165, 1.54) is 0 Å². The summed E-state index contributed by atoms with van der Waals surface area (Å²) in [6, 6.07) is 3.31. The molecule has 5 nitrogen and oxygen atoms in total. The van der Waals surface area contributed by atoms with Crippen LogP contribution in [-0.2, 0) is 11.2 Å². The van der Waals surface area contributed by atoms with Crippen LogP contribution in [0.5, 0.6) is 0 Å². The molecule has 2 heterocycles. The zero-order valence-corrected chi connectivity index (χ0v) is 8.88. The molecule has 0 saturated heterocycles. The lowest BCUT2D eigenvalue weighted by molar-refractivity contribution is 0.0696. The highest BCUT2D eigenvalue weighted by atomic mass is 16.5. The van der Waals surface area contributed by atoms with Gasteiger partial charge in [0.25, 0.3) is 0 Å². The summed E-state index contributed by atoms with van der Waals surface area (Å²) in [5.74, 6) is -0.131. The molecule has 2 rings (SSSR count). The summed E-state index contributed by atoms with van der Waals surface area (Å²) in [4.78, 5) is 15.1. The number of imidazole rings is 1. The second kappa shape index (κ2) is 4.32. The van der Waals surface area contributed by atoms with Crippen LogP contribution >= 0.6 is 0 Å². The average Bonchev–Trinajstić information content (AvgIpc) is 2.68. The van der Waals surface area contributed by atoms with E-state index in [2.05, 4.69) is 4.98 Å². The third-order valence-corrected chi connectivity index (χ3v) is 2.38.